The van der Waals surface area contributed by atoms with E-state index in [1.54, 1.807) is 24.7 Å². The second-order valence-electron chi connectivity index (χ2n) is 7.66. The normalized spacial score (nSPS) is 11.6. The largest absolute Gasteiger partial charge is 0.394 e. The molecule has 1 aromatic rings. The summed E-state index contributed by atoms with van der Waals surface area (Å²) < 4.78 is 0. The van der Waals surface area contributed by atoms with E-state index in [0.717, 1.165) is 5.56 Å². The minimum atomic E-state index is -0.739. The number of carbonyl (C=O) groups is 3. The van der Waals surface area contributed by atoms with Crippen LogP contribution in [0.5, 0.6) is 0 Å². The van der Waals surface area contributed by atoms with E-state index in [9.17, 15) is 14.4 Å². The van der Waals surface area contributed by atoms with Gasteiger partial charge in [-0.05, 0) is 44.0 Å². The zero-order chi connectivity index (χ0) is 25.6. The van der Waals surface area contributed by atoms with Crippen LogP contribution in [0.2, 0.25) is 0 Å². The van der Waals surface area contributed by atoms with E-state index in [0.29, 0.717) is 12.8 Å². The van der Waals surface area contributed by atoms with Crippen molar-refractivity contribution in [1.29, 1.82) is 0 Å². The minimum Gasteiger partial charge on any atom is -0.394 e. The maximum Gasteiger partial charge on any atom is 0.244 e. The third kappa shape index (κ3) is 17.1. The zero-order valence-corrected chi connectivity index (χ0v) is 20.6. The van der Waals surface area contributed by atoms with E-state index in [2.05, 4.69) is 23.8 Å². The van der Waals surface area contributed by atoms with Gasteiger partial charge in [0.1, 0.15) is 0 Å². The molecule has 7 nitrogen and oxygen atoms in total. The van der Waals surface area contributed by atoms with Gasteiger partial charge in [-0.25, -0.2) is 5.48 Å². The molecule has 4 N–H and O–H groups in total. The van der Waals surface area contributed by atoms with Gasteiger partial charge in [-0.2, -0.15) is 0 Å². The molecule has 0 aliphatic rings. The number of amides is 2. The molecule has 33 heavy (non-hydrogen) atoms. The van der Waals surface area contributed by atoms with Gasteiger partial charge in [0.2, 0.25) is 11.8 Å². The van der Waals surface area contributed by atoms with E-state index in [1.165, 1.54) is 12.3 Å². The lowest BCUT2D eigenvalue weighted by Gasteiger charge is -2.22. The van der Waals surface area contributed by atoms with Gasteiger partial charge < -0.3 is 10.6 Å². The minimum absolute atomic E-state index is 0.140. The summed E-state index contributed by atoms with van der Waals surface area (Å²) in [6.45, 7) is 14.4. The Labute approximate surface area is 199 Å². The van der Waals surface area contributed by atoms with Gasteiger partial charge >= 0.3 is 0 Å². The molecule has 0 fully saturated rings. The molecule has 0 spiro atoms. The molecule has 1 aromatic carbocycles. The first kappa shape index (κ1) is 32.0. The van der Waals surface area contributed by atoms with Gasteiger partial charge in [-0.1, -0.05) is 56.3 Å². The maximum absolute atomic E-state index is 12.7. The number of allylic oxidation sites excluding steroid dienone is 2. The fourth-order valence-corrected chi connectivity index (χ4v) is 2.77. The first-order chi connectivity index (χ1) is 15.7. The number of ketones is 1. The number of hydrogen-bond donors (Lipinski definition) is 4. The summed E-state index contributed by atoms with van der Waals surface area (Å²) in [7, 11) is 1.68. The molecule has 0 heterocycles. The Kier molecular flexibility index (Phi) is 20.1. The van der Waals surface area contributed by atoms with Gasteiger partial charge in [0.25, 0.3) is 0 Å². The Hall–Kier alpha value is -3.19. The zero-order valence-electron chi connectivity index (χ0n) is 20.6. The first-order valence-corrected chi connectivity index (χ1v) is 11.0. The highest BCUT2D eigenvalue weighted by Crippen LogP contribution is 2.17. The molecule has 1 rings (SSSR count). The van der Waals surface area contributed by atoms with Crippen molar-refractivity contribution in [3.8, 4) is 0 Å². The third-order valence-corrected chi connectivity index (χ3v) is 4.04. The fraction of sp³-hybridized carbons (Fsp3) is 0.423. The molecule has 7 heteroatoms. The second-order valence-corrected chi connectivity index (χ2v) is 7.66. The van der Waals surface area contributed by atoms with Crippen LogP contribution < -0.4 is 16.1 Å². The number of benzene rings is 1. The van der Waals surface area contributed by atoms with Crippen molar-refractivity contribution in [3.63, 3.8) is 0 Å². The predicted octanol–water partition coefficient (Wildman–Crippen LogP) is 3.96. The van der Waals surface area contributed by atoms with Crippen molar-refractivity contribution >= 4 is 17.6 Å². The number of nitrogens with one attached hydrogen (secondary N) is 3. The number of carbonyl (C=O) groups excluding carboxylic acids is 3. The highest BCUT2D eigenvalue weighted by Gasteiger charge is 2.27. The Bertz CT molecular complexity index is 724. The number of rotatable bonds is 11. The average Bonchev–Trinajstić information content (AvgIpc) is 2.77. The van der Waals surface area contributed by atoms with E-state index < -0.39 is 17.9 Å². The lowest BCUT2D eigenvalue weighted by atomic mass is 9.92. The van der Waals surface area contributed by atoms with Crippen LogP contribution in [-0.4, -0.2) is 35.9 Å². The average molecular weight is 460 g/mol. The topological polar surface area (TPSA) is 108 Å². The van der Waals surface area contributed by atoms with Crippen molar-refractivity contribution in [2.75, 3.05) is 7.05 Å². The molecule has 0 bridgehead atoms. The Balaban J connectivity index is 0. The monoisotopic (exact) mass is 459 g/mol. The number of hydroxylamine groups is 1. The summed E-state index contributed by atoms with van der Waals surface area (Å²) in [5.41, 5.74) is 2.48. The summed E-state index contributed by atoms with van der Waals surface area (Å²) in [6.07, 6.45) is 7.07. The van der Waals surface area contributed by atoms with Gasteiger partial charge in [0.05, 0.1) is 6.04 Å². The van der Waals surface area contributed by atoms with Crippen LogP contribution in [0.4, 0.5) is 0 Å². The van der Waals surface area contributed by atoms with Gasteiger partial charge in [0, 0.05) is 25.8 Å². The van der Waals surface area contributed by atoms with Gasteiger partial charge in [-0.3, -0.25) is 19.6 Å². The van der Waals surface area contributed by atoms with Crippen molar-refractivity contribution in [2.45, 2.75) is 53.0 Å². The van der Waals surface area contributed by atoms with Gasteiger partial charge in [0.15, 0.2) is 5.78 Å². The summed E-state index contributed by atoms with van der Waals surface area (Å²) >= 11 is 0. The van der Waals surface area contributed by atoms with Crippen molar-refractivity contribution < 1.29 is 19.6 Å². The molecule has 184 valence electrons. The molecular formula is C26H41N3O4. The maximum atomic E-state index is 12.7. The SMILES string of the molecule is C=CC.C=CC.CN/C=C/C(=O)C(Cc1ccccc1)NC(=O)[C@@H](CC(=O)NO)CC(C)C. The van der Waals surface area contributed by atoms with Crippen LogP contribution in [0.3, 0.4) is 0 Å². The highest BCUT2D eigenvalue weighted by atomic mass is 16.5. The smallest absolute Gasteiger partial charge is 0.244 e. The van der Waals surface area contributed by atoms with Crippen molar-refractivity contribution in [3.05, 3.63) is 73.5 Å². The van der Waals surface area contributed by atoms with Crippen molar-refractivity contribution in [2.24, 2.45) is 11.8 Å². The van der Waals surface area contributed by atoms with Gasteiger partial charge in [-0.15, -0.1) is 13.2 Å². The van der Waals surface area contributed by atoms with E-state index in [-0.39, 0.29) is 24.0 Å². The molecule has 1 unspecified atom stereocenters. The highest BCUT2D eigenvalue weighted by molar-refractivity contribution is 5.97. The van der Waals surface area contributed by atoms with Crippen LogP contribution in [0.25, 0.3) is 0 Å². The van der Waals surface area contributed by atoms with Crippen molar-refractivity contribution in [1.82, 2.24) is 16.1 Å². The Morgan fingerprint density at radius 2 is 1.61 bits per heavy atom. The van der Waals surface area contributed by atoms with Crippen LogP contribution in [-0.2, 0) is 20.8 Å². The summed E-state index contributed by atoms with van der Waals surface area (Å²) in [6, 6.07) is 8.66. The molecule has 0 aromatic heterocycles. The summed E-state index contributed by atoms with van der Waals surface area (Å²) in [4.78, 5) is 36.8. The van der Waals surface area contributed by atoms with Crippen LogP contribution in [0, 0.1) is 11.8 Å². The van der Waals surface area contributed by atoms with E-state index in [4.69, 9.17) is 5.21 Å². The lowest BCUT2D eigenvalue weighted by Crippen LogP contribution is -2.45. The molecule has 0 saturated heterocycles. The molecule has 0 radical (unpaired) electrons. The van der Waals surface area contributed by atoms with E-state index in [1.807, 2.05) is 58.0 Å². The van der Waals surface area contributed by atoms with Crippen LogP contribution >= 0.6 is 0 Å². The van der Waals surface area contributed by atoms with E-state index >= 15 is 0 Å². The predicted molar refractivity (Wildman–Crippen MR) is 135 cm³/mol. The molecule has 0 aliphatic carbocycles. The molecular weight excluding hydrogens is 418 g/mol. The molecule has 2 atom stereocenters. The Morgan fingerprint density at radius 1 is 1.06 bits per heavy atom. The Morgan fingerprint density at radius 3 is 2.06 bits per heavy atom. The number of hydrogen-bond acceptors (Lipinski definition) is 5. The van der Waals surface area contributed by atoms with Crippen LogP contribution in [0.15, 0.2) is 67.9 Å². The second kappa shape index (κ2) is 20.7. The molecule has 2 amide bonds. The summed E-state index contributed by atoms with van der Waals surface area (Å²) in [5.74, 6) is -1.69. The lowest BCUT2D eigenvalue weighted by molar-refractivity contribution is -0.136. The summed E-state index contributed by atoms with van der Waals surface area (Å²) in [5, 5.41) is 14.3. The molecule has 0 saturated carbocycles. The quantitative estimate of drug-likeness (QED) is 0.173. The third-order valence-electron chi connectivity index (χ3n) is 4.04. The fourth-order valence-electron chi connectivity index (χ4n) is 2.77. The molecule has 0 aliphatic heterocycles. The standard InChI is InChI=1S/C20H29N3O4.2C3H6/c1-14(2)11-16(13-19(25)23-27)20(26)22-17(18(24)9-10-21-3)12-15-7-5-4-6-8-15;2*1-3-2/h4-10,14,16-17,21,27H,11-13H2,1-3H3,(H,22,26)(H,23,25);2*3H,1H2,2H3/b10-9+;;/t16-,17?;;/m1../s1. The van der Waals surface area contributed by atoms with Crippen LogP contribution in [0.1, 0.15) is 46.1 Å². The first-order valence-electron chi connectivity index (χ1n) is 11.0.